The van der Waals surface area contributed by atoms with Crippen molar-refractivity contribution < 1.29 is 9.59 Å². The van der Waals surface area contributed by atoms with Crippen LogP contribution in [0.1, 0.15) is 39.3 Å². The Morgan fingerprint density at radius 3 is 2.64 bits per heavy atom. The molecule has 6 nitrogen and oxygen atoms in total. The lowest BCUT2D eigenvalue weighted by molar-refractivity contribution is 0.0949. The third-order valence-electron chi connectivity index (χ3n) is 4.60. The minimum atomic E-state index is -0.287. The zero-order valence-corrected chi connectivity index (χ0v) is 16.0. The minimum Gasteiger partial charge on any atom is -0.349 e. The summed E-state index contributed by atoms with van der Waals surface area (Å²) >= 11 is 6.05. The van der Waals surface area contributed by atoms with E-state index in [9.17, 15) is 9.59 Å². The maximum atomic E-state index is 12.7. The largest absolute Gasteiger partial charge is 0.349 e. The Morgan fingerprint density at radius 2 is 1.89 bits per heavy atom. The number of hydrogen-bond acceptors (Lipinski definition) is 3. The van der Waals surface area contributed by atoms with E-state index in [2.05, 4.69) is 15.7 Å². The van der Waals surface area contributed by atoms with Crippen LogP contribution in [0.2, 0.25) is 5.02 Å². The van der Waals surface area contributed by atoms with Gasteiger partial charge in [-0.1, -0.05) is 23.7 Å². The van der Waals surface area contributed by atoms with Gasteiger partial charge < -0.3 is 10.6 Å². The average molecular weight is 395 g/mol. The molecule has 1 fully saturated rings. The van der Waals surface area contributed by atoms with Crippen LogP contribution in [0.3, 0.4) is 0 Å². The van der Waals surface area contributed by atoms with Crippen molar-refractivity contribution in [2.75, 3.05) is 5.32 Å². The molecule has 1 heterocycles. The molecule has 1 aliphatic rings. The molecule has 142 valence electrons. The SMILES string of the molecule is Cc1c(C(=O)Nc2cccc(C(=O)NC3CC3)c2)cnn1-c1cccc(Cl)c1. The van der Waals surface area contributed by atoms with Crippen LogP contribution in [-0.4, -0.2) is 27.6 Å². The zero-order valence-electron chi connectivity index (χ0n) is 15.3. The Kier molecular flexibility index (Phi) is 4.88. The lowest BCUT2D eigenvalue weighted by Crippen LogP contribution is -2.25. The normalized spacial score (nSPS) is 13.2. The van der Waals surface area contributed by atoms with Crippen molar-refractivity contribution in [1.29, 1.82) is 0 Å². The van der Waals surface area contributed by atoms with Gasteiger partial charge in [0.2, 0.25) is 0 Å². The molecule has 0 aliphatic heterocycles. The molecular weight excluding hydrogens is 376 g/mol. The van der Waals surface area contributed by atoms with Crippen molar-refractivity contribution in [2.45, 2.75) is 25.8 Å². The summed E-state index contributed by atoms with van der Waals surface area (Å²) in [7, 11) is 0. The third kappa shape index (κ3) is 3.92. The molecule has 0 spiro atoms. The molecule has 0 bridgehead atoms. The molecule has 4 rings (SSSR count). The van der Waals surface area contributed by atoms with E-state index in [1.165, 1.54) is 6.20 Å². The fraction of sp³-hybridized carbons (Fsp3) is 0.190. The topological polar surface area (TPSA) is 76.0 Å². The number of carbonyl (C=O) groups is 2. The quantitative estimate of drug-likeness (QED) is 0.687. The summed E-state index contributed by atoms with van der Waals surface area (Å²) in [6.07, 6.45) is 3.57. The zero-order chi connectivity index (χ0) is 19.7. The van der Waals surface area contributed by atoms with Crippen LogP contribution in [0.5, 0.6) is 0 Å². The van der Waals surface area contributed by atoms with Gasteiger partial charge in [-0.3, -0.25) is 9.59 Å². The van der Waals surface area contributed by atoms with Gasteiger partial charge >= 0.3 is 0 Å². The van der Waals surface area contributed by atoms with Crippen molar-refractivity contribution in [3.05, 3.63) is 76.6 Å². The Balaban J connectivity index is 1.52. The second kappa shape index (κ2) is 7.48. The van der Waals surface area contributed by atoms with Crippen LogP contribution in [-0.2, 0) is 0 Å². The first-order valence-corrected chi connectivity index (χ1v) is 9.42. The van der Waals surface area contributed by atoms with Crippen LogP contribution in [0.25, 0.3) is 5.69 Å². The summed E-state index contributed by atoms with van der Waals surface area (Å²) in [5, 5.41) is 10.7. The molecule has 28 heavy (non-hydrogen) atoms. The first-order chi connectivity index (χ1) is 13.5. The summed E-state index contributed by atoms with van der Waals surface area (Å²) in [6.45, 7) is 1.82. The van der Waals surface area contributed by atoms with Crippen molar-refractivity contribution in [3.8, 4) is 5.69 Å². The number of nitrogens with one attached hydrogen (secondary N) is 2. The van der Waals surface area contributed by atoms with E-state index in [1.54, 1.807) is 41.1 Å². The number of halogens is 1. The number of hydrogen-bond donors (Lipinski definition) is 2. The van der Waals surface area contributed by atoms with E-state index in [4.69, 9.17) is 11.6 Å². The molecule has 1 saturated carbocycles. The smallest absolute Gasteiger partial charge is 0.259 e. The Morgan fingerprint density at radius 1 is 1.11 bits per heavy atom. The first-order valence-electron chi connectivity index (χ1n) is 9.04. The highest BCUT2D eigenvalue weighted by Gasteiger charge is 2.24. The molecule has 2 aromatic carbocycles. The Bertz CT molecular complexity index is 1060. The number of anilines is 1. The highest BCUT2D eigenvalue weighted by Crippen LogP contribution is 2.21. The lowest BCUT2D eigenvalue weighted by atomic mass is 10.1. The predicted molar refractivity (Wildman–Crippen MR) is 108 cm³/mol. The molecule has 3 aromatic rings. The monoisotopic (exact) mass is 394 g/mol. The lowest BCUT2D eigenvalue weighted by Gasteiger charge is -2.09. The molecular formula is C21H19ClN4O2. The summed E-state index contributed by atoms with van der Waals surface area (Å²) in [5.74, 6) is -0.408. The van der Waals surface area contributed by atoms with Gasteiger partial charge in [0, 0.05) is 22.3 Å². The minimum absolute atomic E-state index is 0.122. The van der Waals surface area contributed by atoms with Crippen LogP contribution >= 0.6 is 11.6 Å². The summed E-state index contributed by atoms with van der Waals surface area (Å²) in [6, 6.07) is 14.5. The number of amides is 2. The van der Waals surface area contributed by atoms with Gasteiger partial charge in [0.05, 0.1) is 23.1 Å². The number of rotatable bonds is 5. The van der Waals surface area contributed by atoms with Crippen molar-refractivity contribution in [1.82, 2.24) is 15.1 Å². The number of nitrogens with zero attached hydrogens (tertiary/aromatic N) is 2. The Hall–Kier alpha value is -3.12. The van der Waals surface area contributed by atoms with Crippen molar-refractivity contribution in [3.63, 3.8) is 0 Å². The number of aromatic nitrogens is 2. The maximum Gasteiger partial charge on any atom is 0.259 e. The molecule has 0 unspecified atom stereocenters. The fourth-order valence-electron chi connectivity index (χ4n) is 2.93. The third-order valence-corrected chi connectivity index (χ3v) is 4.84. The van der Waals surface area contributed by atoms with Gasteiger partial charge in [0.1, 0.15) is 0 Å². The van der Waals surface area contributed by atoms with E-state index in [-0.39, 0.29) is 17.9 Å². The van der Waals surface area contributed by atoms with Gasteiger partial charge in [-0.25, -0.2) is 4.68 Å². The highest BCUT2D eigenvalue weighted by atomic mass is 35.5. The molecule has 2 amide bonds. The maximum absolute atomic E-state index is 12.7. The second-order valence-electron chi connectivity index (χ2n) is 6.82. The first kappa shape index (κ1) is 18.3. The van der Waals surface area contributed by atoms with Gasteiger partial charge in [-0.2, -0.15) is 5.10 Å². The van der Waals surface area contributed by atoms with Gasteiger partial charge in [0.25, 0.3) is 11.8 Å². The molecule has 0 radical (unpaired) electrons. The molecule has 1 aromatic heterocycles. The molecule has 0 saturated heterocycles. The fourth-order valence-corrected chi connectivity index (χ4v) is 3.12. The molecule has 1 aliphatic carbocycles. The highest BCUT2D eigenvalue weighted by molar-refractivity contribution is 6.30. The van der Waals surface area contributed by atoms with E-state index in [0.29, 0.717) is 27.5 Å². The van der Waals surface area contributed by atoms with Gasteiger partial charge in [-0.05, 0) is 56.2 Å². The van der Waals surface area contributed by atoms with Crippen molar-refractivity contribution in [2.24, 2.45) is 0 Å². The molecule has 0 atom stereocenters. The van der Waals surface area contributed by atoms with Gasteiger partial charge in [-0.15, -0.1) is 0 Å². The number of carbonyl (C=O) groups excluding carboxylic acids is 2. The average Bonchev–Trinajstić information content (AvgIpc) is 3.40. The van der Waals surface area contributed by atoms with E-state index in [0.717, 1.165) is 18.5 Å². The number of benzene rings is 2. The standard InChI is InChI=1S/C21H19ClN4O2/c1-13-19(12-23-26(13)18-7-3-5-15(22)11-18)21(28)25-17-6-2-4-14(10-17)20(27)24-16-8-9-16/h2-7,10-12,16H,8-9H2,1H3,(H,24,27)(H,25,28). The van der Waals surface area contributed by atoms with E-state index in [1.807, 2.05) is 19.1 Å². The van der Waals surface area contributed by atoms with Crippen molar-refractivity contribution >= 4 is 29.1 Å². The predicted octanol–water partition coefficient (Wildman–Crippen LogP) is 3.98. The second-order valence-corrected chi connectivity index (χ2v) is 7.25. The summed E-state index contributed by atoms with van der Waals surface area (Å²) in [5.41, 5.74) is 3.01. The van der Waals surface area contributed by atoms with Crippen LogP contribution in [0.4, 0.5) is 5.69 Å². The summed E-state index contributed by atoms with van der Waals surface area (Å²) in [4.78, 5) is 24.9. The molecule has 2 N–H and O–H groups in total. The molecule has 7 heteroatoms. The van der Waals surface area contributed by atoms with Gasteiger partial charge in [0.15, 0.2) is 0 Å². The van der Waals surface area contributed by atoms with E-state index < -0.39 is 0 Å². The van der Waals surface area contributed by atoms with Crippen LogP contribution in [0.15, 0.2) is 54.7 Å². The van der Waals surface area contributed by atoms with E-state index >= 15 is 0 Å². The summed E-state index contributed by atoms with van der Waals surface area (Å²) < 4.78 is 1.67. The Labute approximate surface area is 167 Å². The van der Waals surface area contributed by atoms with Crippen LogP contribution < -0.4 is 10.6 Å². The van der Waals surface area contributed by atoms with Crippen LogP contribution in [0, 0.1) is 6.92 Å².